The molecule has 0 aliphatic carbocycles. The Kier molecular flexibility index (Phi) is 4.64. The Morgan fingerprint density at radius 1 is 1.35 bits per heavy atom. The van der Waals surface area contributed by atoms with Crippen molar-refractivity contribution in [1.82, 2.24) is 4.90 Å². The number of amides is 1. The van der Waals surface area contributed by atoms with Gasteiger partial charge in [-0.15, -0.1) is 0 Å². The number of ketones is 1. The molecule has 1 atom stereocenters. The van der Waals surface area contributed by atoms with Gasteiger partial charge in [-0.1, -0.05) is 39.1 Å². The Hall–Kier alpha value is -0.780. The molecule has 1 aromatic rings. The van der Waals surface area contributed by atoms with Crippen LogP contribution in [0.3, 0.4) is 0 Å². The number of Topliss-reactive ketones (excluding diaryl/α,β-unsaturated/α-hetero) is 1. The molecule has 2 aliphatic rings. The second-order valence-corrected chi connectivity index (χ2v) is 8.31. The summed E-state index contributed by atoms with van der Waals surface area (Å²) in [6, 6.07) is 3.18. The number of piperidine rings is 1. The first-order valence-corrected chi connectivity index (χ1v) is 9.13. The van der Waals surface area contributed by atoms with Gasteiger partial charge in [-0.05, 0) is 19.1 Å². The minimum absolute atomic E-state index is 0.00992. The highest BCUT2D eigenvalue weighted by molar-refractivity contribution is 9.10. The van der Waals surface area contributed by atoms with E-state index in [1.165, 1.54) is 0 Å². The van der Waals surface area contributed by atoms with Crippen molar-refractivity contribution < 1.29 is 14.3 Å². The summed E-state index contributed by atoms with van der Waals surface area (Å²) in [4.78, 5) is 26.2. The molecule has 0 N–H and O–H groups in total. The summed E-state index contributed by atoms with van der Waals surface area (Å²) in [5, 5.41) is 0.779. The third kappa shape index (κ3) is 3.24. The molecule has 7 heteroatoms. The van der Waals surface area contributed by atoms with Crippen LogP contribution >= 0.6 is 39.1 Å². The molecule has 4 nitrogen and oxygen atoms in total. The van der Waals surface area contributed by atoms with Gasteiger partial charge in [-0.3, -0.25) is 9.59 Å². The van der Waals surface area contributed by atoms with Crippen LogP contribution in [0.15, 0.2) is 12.1 Å². The maximum Gasteiger partial charge on any atom is 0.236 e. The SMILES string of the molecule is CC(Br)C(=O)N1CCC2(CC1)CC(=O)c1cc(Cl)cc(Cl)c1O2. The van der Waals surface area contributed by atoms with Crippen LogP contribution < -0.4 is 4.74 Å². The molecule has 1 aromatic carbocycles. The molecular formula is C16H16BrCl2NO3. The lowest BCUT2D eigenvalue weighted by Crippen LogP contribution is -2.53. The molecule has 0 radical (unpaired) electrons. The maximum absolute atomic E-state index is 12.5. The van der Waals surface area contributed by atoms with E-state index in [4.69, 9.17) is 27.9 Å². The fraction of sp³-hybridized carbons (Fsp3) is 0.500. The highest BCUT2D eigenvalue weighted by atomic mass is 79.9. The second kappa shape index (κ2) is 6.26. The first-order chi connectivity index (χ1) is 10.8. The zero-order valence-electron chi connectivity index (χ0n) is 12.6. The Labute approximate surface area is 153 Å². The number of benzene rings is 1. The number of halogens is 3. The Morgan fingerprint density at radius 2 is 2.00 bits per heavy atom. The van der Waals surface area contributed by atoms with Crippen molar-refractivity contribution in [3.8, 4) is 5.75 Å². The van der Waals surface area contributed by atoms with E-state index >= 15 is 0 Å². The number of carbonyl (C=O) groups is 2. The summed E-state index contributed by atoms with van der Waals surface area (Å²) in [6.07, 6.45) is 1.52. The molecule has 2 heterocycles. The summed E-state index contributed by atoms with van der Waals surface area (Å²) < 4.78 is 6.14. The molecule has 1 amide bonds. The van der Waals surface area contributed by atoms with Gasteiger partial charge in [0.15, 0.2) is 5.78 Å². The first kappa shape index (κ1) is 17.1. The smallest absolute Gasteiger partial charge is 0.236 e. The summed E-state index contributed by atoms with van der Waals surface area (Å²) in [5.74, 6) is 0.470. The van der Waals surface area contributed by atoms with Crippen LogP contribution in [0, 0.1) is 0 Å². The van der Waals surface area contributed by atoms with E-state index in [1.807, 2.05) is 6.92 Å². The average molecular weight is 421 g/mol. The average Bonchev–Trinajstić information content (AvgIpc) is 2.49. The van der Waals surface area contributed by atoms with Gasteiger partial charge < -0.3 is 9.64 Å². The van der Waals surface area contributed by atoms with Crippen LogP contribution in [-0.2, 0) is 4.79 Å². The van der Waals surface area contributed by atoms with E-state index in [2.05, 4.69) is 15.9 Å². The molecule has 0 bridgehead atoms. The van der Waals surface area contributed by atoms with Crippen LogP contribution in [0.2, 0.25) is 10.0 Å². The number of alkyl halides is 1. The fourth-order valence-electron chi connectivity index (χ4n) is 3.18. The van der Waals surface area contributed by atoms with Crippen LogP contribution in [0.4, 0.5) is 0 Å². The molecule has 3 rings (SSSR count). The number of likely N-dealkylation sites (tertiary alicyclic amines) is 1. The van der Waals surface area contributed by atoms with Gasteiger partial charge >= 0.3 is 0 Å². The van der Waals surface area contributed by atoms with Crippen molar-refractivity contribution in [3.63, 3.8) is 0 Å². The van der Waals surface area contributed by atoms with E-state index in [9.17, 15) is 9.59 Å². The standard InChI is InChI=1S/C16H16BrCl2NO3/c1-9(17)15(22)20-4-2-16(3-5-20)8-13(21)11-6-10(18)7-12(19)14(11)23-16/h6-7,9H,2-5,8H2,1H3. The molecule has 2 aliphatic heterocycles. The number of fused-ring (bicyclic) bond motifs is 1. The third-order valence-electron chi connectivity index (χ3n) is 4.44. The zero-order chi connectivity index (χ0) is 16.8. The van der Waals surface area contributed by atoms with Gasteiger partial charge in [-0.25, -0.2) is 0 Å². The van der Waals surface area contributed by atoms with Crippen molar-refractivity contribution >= 4 is 50.8 Å². The third-order valence-corrected chi connectivity index (χ3v) is 5.33. The Morgan fingerprint density at radius 3 is 2.61 bits per heavy atom. The highest BCUT2D eigenvalue weighted by Crippen LogP contribution is 2.44. The minimum atomic E-state index is -0.576. The second-order valence-electron chi connectivity index (χ2n) is 6.09. The van der Waals surface area contributed by atoms with Gasteiger partial charge in [-0.2, -0.15) is 0 Å². The molecule has 1 spiro atoms. The van der Waals surface area contributed by atoms with E-state index in [-0.39, 0.29) is 16.5 Å². The van der Waals surface area contributed by atoms with Crippen molar-refractivity contribution in [2.45, 2.75) is 36.6 Å². The topological polar surface area (TPSA) is 46.6 Å². The van der Waals surface area contributed by atoms with Gasteiger partial charge in [0, 0.05) is 31.0 Å². The van der Waals surface area contributed by atoms with E-state index in [0.29, 0.717) is 53.7 Å². The molecule has 0 aromatic heterocycles. The zero-order valence-corrected chi connectivity index (χ0v) is 15.7. The summed E-state index contributed by atoms with van der Waals surface area (Å²) >= 11 is 15.5. The lowest BCUT2D eigenvalue weighted by atomic mass is 9.82. The van der Waals surface area contributed by atoms with Crippen LogP contribution in [0.25, 0.3) is 0 Å². The largest absolute Gasteiger partial charge is 0.484 e. The van der Waals surface area contributed by atoms with E-state index in [0.717, 1.165) is 0 Å². The van der Waals surface area contributed by atoms with Crippen LogP contribution in [0.5, 0.6) is 5.75 Å². The number of nitrogens with zero attached hydrogens (tertiary/aromatic N) is 1. The maximum atomic E-state index is 12.5. The van der Waals surface area contributed by atoms with Crippen LogP contribution in [0.1, 0.15) is 36.5 Å². The number of rotatable bonds is 1. The molecule has 1 fully saturated rings. The Balaban J connectivity index is 1.81. The summed E-state index contributed by atoms with van der Waals surface area (Å²) in [5.41, 5.74) is -0.130. The molecule has 23 heavy (non-hydrogen) atoms. The van der Waals surface area contributed by atoms with Gasteiger partial charge in [0.1, 0.15) is 11.4 Å². The molecule has 1 unspecified atom stereocenters. The van der Waals surface area contributed by atoms with Crippen molar-refractivity contribution in [2.75, 3.05) is 13.1 Å². The first-order valence-electron chi connectivity index (χ1n) is 7.45. The fourth-order valence-corrected chi connectivity index (χ4v) is 4.00. The quantitative estimate of drug-likeness (QED) is 0.642. The summed E-state index contributed by atoms with van der Waals surface area (Å²) in [6.45, 7) is 2.96. The summed E-state index contributed by atoms with van der Waals surface area (Å²) in [7, 11) is 0. The number of hydrogen-bond acceptors (Lipinski definition) is 3. The number of hydrogen-bond donors (Lipinski definition) is 0. The van der Waals surface area contributed by atoms with Crippen molar-refractivity contribution in [3.05, 3.63) is 27.7 Å². The predicted molar refractivity (Wildman–Crippen MR) is 93.0 cm³/mol. The van der Waals surface area contributed by atoms with E-state index in [1.54, 1.807) is 17.0 Å². The van der Waals surface area contributed by atoms with E-state index < -0.39 is 5.60 Å². The monoisotopic (exact) mass is 419 g/mol. The molecule has 124 valence electrons. The molecule has 0 saturated carbocycles. The minimum Gasteiger partial charge on any atom is -0.484 e. The lowest BCUT2D eigenvalue weighted by Gasteiger charge is -2.44. The van der Waals surface area contributed by atoms with Gasteiger partial charge in [0.25, 0.3) is 0 Å². The lowest BCUT2D eigenvalue weighted by molar-refractivity contribution is -0.133. The van der Waals surface area contributed by atoms with Crippen molar-refractivity contribution in [1.29, 1.82) is 0 Å². The Bertz CT molecular complexity index is 670. The molecule has 1 saturated heterocycles. The number of ether oxygens (including phenoxy) is 1. The van der Waals surface area contributed by atoms with Gasteiger partial charge in [0.2, 0.25) is 5.91 Å². The number of carbonyl (C=O) groups excluding carboxylic acids is 2. The highest BCUT2D eigenvalue weighted by Gasteiger charge is 2.44. The molecular weight excluding hydrogens is 405 g/mol. The van der Waals surface area contributed by atoms with Crippen molar-refractivity contribution in [2.24, 2.45) is 0 Å². The predicted octanol–water partition coefficient (Wildman–Crippen LogP) is 4.10. The van der Waals surface area contributed by atoms with Gasteiger partial charge in [0.05, 0.1) is 21.8 Å². The van der Waals surface area contributed by atoms with Crippen LogP contribution in [-0.4, -0.2) is 40.1 Å². The normalized spacial score (nSPS) is 20.9.